The largest absolute Gasteiger partial charge is 0.494 e. The molecule has 0 bridgehead atoms. The third-order valence-electron chi connectivity index (χ3n) is 5.90. The van der Waals surface area contributed by atoms with Gasteiger partial charge in [0.1, 0.15) is 17.1 Å². The molecule has 9 heteroatoms. The molecule has 0 aliphatic heterocycles. The van der Waals surface area contributed by atoms with Crippen molar-refractivity contribution in [2.45, 2.75) is 13.8 Å². The Hall–Kier alpha value is -4.92. The predicted octanol–water partition coefficient (Wildman–Crippen LogP) is 4.46. The van der Waals surface area contributed by atoms with Crippen LogP contribution in [-0.4, -0.2) is 29.2 Å². The summed E-state index contributed by atoms with van der Waals surface area (Å²) in [5.74, 6) is 0.566. The SMILES string of the molecule is CCOc1cccc2cc(C(=O)Nc3ccc(-n4c(C)nc5ccccc5c4=O)cc3OC)c(=O)oc12. The Morgan fingerprint density at radius 3 is 2.62 bits per heavy atom. The molecule has 1 amide bonds. The summed E-state index contributed by atoms with van der Waals surface area (Å²) in [6, 6.07) is 18.6. The second-order valence-electron chi connectivity index (χ2n) is 8.21. The van der Waals surface area contributed by atoms with Crippen LogP contribution in [-0.2, 0) is 0 Å². The average molecular weight is 498 g/mol. The Morgan fingerprint density at radius 2 is 1.84 bits per heavy atom. The summed E-state index contributed by atoms with van der Waals surface area (Å²) in [6.07, 6.45) is 0. The van der Waals surface area contributed by atoms with E-state index in [1.165, 1.54) is 17.7 Å². The van der Waals surface area contributed by atoms with Crippen molar-refractivity contribution in [2.24, 2.45) is 0 Å². The first-order valence-electron chi connectivity index (χ1n) is 11.6. The minimum atomic E-state index is -0.794. The van der Waals surface area contributed by atoms with Crippen LogP contribution in [0, 0.1) is 6.92 Å². The number of carbonyl (C=O) groups is 1. The number of aryl methyl sites for hydroxylation is 1. The molecule has 5 aromatic rings. The number of aromatic nitrogens is 2. The van der Waals surface area contributed by atoms with Crippen molar-refractivity contribution in [3.8, 4) is 17.2 Å². The first-order chi connectivity index (χ1) is 17.9. The summed E-state index contributed by atoms with van der Waals surface area (Å²) >= 11 is 0. The number of nitrogens with one attached hydrogen (secondary N) is 1. The van der Waals surface area contributed by atoms with Gasteiger partial charge in [0.2, 0.25) is 0 Å². The van der Waals surface area contributed by atoms with Crippen molar-refractivity contribution in [2.75, 3.05) is 19.0 Å². The van der Waals surface area contributed by atoms with Crippen molar-refractivity contribution in [1.82, 2.24) is 9.55 Å². The first kappa shape index (κ1) is 23.8. The van der Waals surface area contributed by atoms with E-state index >= 15 is 0 Å². The fraction of sp³-hybridized carbons (Fsp3) is 0.143. The number of nitrogens with zero attached hydrogens (tertiary/aromatic N) is 2. The zero-order chi connectivity index (χ0) is 26.1. The van der Waals surface area contributed by atoms with Gasteiger partial charge in [-0.05, 0) is 50.2 Å². The van der Waals surface area contributed by atoms with Crippen molar-refractivity contribution in [3.63, 3.8) is 0 Å². The highest BCUT2D eigenvalue weighted by Gasteiger charge is 2.18. The highest BCUT2D eigenvalue weighted by molar-refractivity contribution is 6.06. The molecular formula is C28H23N3O6. The molecule has 37 heavy (non-hydrogen) atoms. The number of hydrogen-bond donors (Lipinski definition) is 1. The lowest BCUT2D eigenvalue weighted by Gasteiger charge is -2.15. The van der Waals surface area contributed by atoms with Crippen LogP contribution in [0.15, 0.2) is 80.7 Å². The van der Waals surface area contributed by atoms with Crippen molar-refractivity contribution >= 4 is 33.5 Å². The fourth-order valence-corrected chi connectivity index (χ4v) is 4.20. The highest BCUT2D eigenvalue weighted by atomic mass is 16.5. The van der Waals surface area contributed by atoms with E-state index in [0.717, 1.165) is 0 Å². The van der Waals surface area contributed by atoms with Gasteiger partial charge in [0, 0.05) is 11.5 Å². The molecule has 0 radical (unpaired) electrons. The second-order valence-corrected chi connectivity index (χ2v) is 8.21. The van der Waals surface area contributed by atoms with Gasteiger partial charge in [0.15, 0.2) is 11.3 Å². The molecule has 5 rings (SSSR count). The van der Waals surface area contributed by atoms with E-state index in [2.05, 4.69) is 10.3 Å². The molecule has 3 aromatic carbocycles. The molecule has 0 saturated carbocycles. The topological polar surface area (TPSA) is 113 Å². The van der Waals surface area contributed by atoms with Crippen molar-refractivity contribution < 1.29 is 18.7 Å². The van der Waals surface area contributed by atoms with Crippen LogP contribution in [0.25, 0.3) is 27.6 Å². The summed E-state index contributed by atoms with van der Waals surface area (Å²) in [5.41, 5.74) is 0.539. The van der Waals surface area contributed by atoms with E-state index in [4.69, 9.17) is 13.9 Å². The molecule has 9 nitrogen and oxygen atoms in total. The zero-order valence-electron chi connectivity index (χ0n) is 20.4. The van der Waals surface area contributed by atoms with Crippen LogP contribution in [0.2, 0.25) is 0 Å². The minimum absolute atomic E-state index is 0.168. The van der Waals surface area contributed by atoms with Crippen molar-refractivity contribution in [1.29, 1.82) is 0 Å². The summed E-state index contributed by atoms with van der Waals surface area (Å²) in [7, 11) is 1.45. The van der Waals surface area contributed by atoms with Gasteiger partial charge in [-0.3, -0.25) is 14.2 Å². The predicted molar refractivity (Wildman–Crippen MR) is 140 cm³/mol. The van der Waals surface area contributed by atoms with Crippen LogP contribution >= 0.6 is 0 Å². The second kappa shape index (κ2) is 9.62. The first-order valence-corrected chi connectivity index (χ1v) is 11.6. The maximum absolute atomic E-state index is 13.2. The number of amides is 1. The van der Waals surface area contributed by atoms with E-state index in [1.54, 1.807) is 61.5 Å². The summed E-state index contributed by atoms with van der Waals surface area (Å²) < 4.78 is 17.9. The molecule has 0 saturated heterocycles. The van der Waals surface area contributed by atoms with E-state index < -0.39 is 11.5 Å². The van der Waals surface area contributed by atoms with Gasteiger partial charge in [0.05, 0.1) is 36.0 Å². The Kier molecular flexibility index (Phi) is 6.19. The van der Waals surface area contributed by atoms with Crippen LogP contribution in [0.4, 0.5) is 5.69 Å². The third-order valence-corrected chi connectivity index (χ3v) is 5.90. The van der Waals surface area contributed by atoms with Gasteiger partial charge >= 0.3 is 5.63 Å². The lowest BCUT2D eigenvalue weighted by atomic mass is 10.1. The molecule has 2 heterocycles. The summed E-state index contributed by atoms with van der Waals surface area (Å²) in [5, 5.41) is 3.74. The Morgan fingerprint density at radius 1 is 1.03 bits per heavy atom. The summed E-state index contributed by atoms with van der Waals surface area (Å²) in [4.78, 5) is 43.4. The molecule has 0 fully saturated rings. The van der Waals surface area contributed by atoms with Gasteiger partial charge in [-0.15, -0.1) is 0 Å². The highest BCUT2D eigenvalue weighted by Crippen LogP contribution is 2.29. The Balaban J connectivity index is 1.51. The zero-order valence-corrected chi connectivity index (χ0v) is 20.4. The number of rotatable bonds is 6. The molecule has 1 N–H and O–H groups in total. The van der Waals surface area contributed by atoms with Crippen molar-refractivity contribution in [3.05, 3.63) is 98.9 Å². The van der Waals surface area contributed by atoms with E-state index in [0.29, 0.717) is 51.6 Å². The van der Waals surface area contributed by atoms with E-state index in [1.807, 2.05) is 13.0 Å². The quantitative estimate of drug-likeness (QED) is 0.345. The number of carbonyl (C=O) groups excluding carboxylic acids is 1. The molecule has 2 aromatic heterocycles. The van der Waals surface area contributed by atoms with Gasteiger partial charge < -0.3 is 19.2 Å². The number of benzene rings is 3. The van der Waals surface area contributed by atoms with Crippen LogP contribution in [0.5, 0.6) is 11.5 Å². The molecule has 0 aliphatic carbocycles. The standard InChI is InChI=1S/C28H23N3O6/c1-4-36-23-11-7-8-17-14-20(28(34)37-25(17)23)26(32)30-22-13-12-18(15-24(22)35-3)31-16(2)29-21-10-6-5-9-19(21)27(31)33/h5-15H,4H2,1-3H3,(H,30,32). The number of methoxy groups -OCH3 is 1. The lowest BCUT2D eigenvalue weighted by molar-refractivity contribution is 0.102. The van der Waals surface area contributed by atoms with Gasteiger partial charge in [-0.1, -0.05) is 24.3 Å². The molecule has 186 valence electrons. The van der Waals surface area contributed by atoms with E-state index in [9.17, 15) is 14.4 Å². The van der Waals surface area contributed by atoms with Gasteiger partial charge in [0.25, 0.3) is 11.5 Å². The van der Waals surface area contributed by atoms with Crippen LogP contribution < -0.4 is 26.0 Å². The number of para-hydroxylation sites is 2. The summed E-state index contributed by atoms with van der Waals surface area (Å²) in [6.45, 7) is 3.97. The normalized spacial score (nSPS) is 11.0. The van der Waals surface area contributed by atoms with Gasteiger partial charge in [-0.2, -0.15) is 0 Å². The fourth-order valence-electron chi connectivity index (χ4n) is 4.20. The Bertz CT molecular complexity index is 1790. The maximum Gasteiger partial charge on any atom is 0.349 e. The third kappa shape index (κ3) is 4.31. The smallest absolute Gasteiger partial charge is 0.349 e. The number of fused-ring (bicyclic) bond motifs is 2. The monoisotopic (exact) mass is 497 g/mol. The lowest BCUT2D eigenvalue weighted by Crippen LogP contribution is -2.23. The number of ether oxygens (including phenoxy) is 2. The maximum atomic E-state index is 13.2. The average Bonchev–Trinajstić information content (AvgIpc) is 2.89. The molecular weight excluding hydrogens is 474 g/mol. The van der Waals surface area contributed by atoms with E-state index in [-0.39, 0.29) is 16.7 Å². The Labute approximate surface area is 210 Å². The molecule has 0 unspecified atom stereocenters. The van der Waals surface area contributed by atoms with Crippen LogP contribution in [0.1, 0.15) is 23.1 Å². The molecule has 0 aliphatic rings. The number of hydrogen-bond acceptors (Lipinski definition) is 7. The minimum Gasteiger partial charge on any atom is -0.494 e. The molecule has 0 spiro atoms. The van der Waals surface area contributed by atoms with Crippen LogP contribution in [0.3, 0.4) is 0 Å². The molecule has 0 atom stereocenters. The number of anilines is 1. The van der Waals surface area contributed by atoms with Gasteiger partial charge in [-0.25, -0.2) is 9.78 Å².